The molecule has 156 valence electrons. The molecule has 0 aliphatic heterocycles. The zero-order valence-corrected chi connectivity index (χ0v) is 16.8. The van der Waals surface area contributed by atoms with Crippen molar-refractivity contribution in [3.63, 3.8) is 0 Å². The van der Waals surface area contributed by atoms with Crippen LogP contribution in [0.2, 0.25) is 0 Å². The monoisotopic (exact) mass is 404 g/mol. The largest absolute Gasteiger partial charge is 0.469 e. The van der Waals surface area contributed by atoms with E-state index in [1.807, 2.05) is 11.5 Å². The van der Waals surface area contributed by atoms with Gasteiger partial charge >= 0.3 is 11.9 Å². The van der Waals surface area contributed by atoms with Crippen molar-refractivity contribution in [1.29, 1.82) is 0 Å². The normalized spacial score (nSPS) is 11.6. The minimum absolute atomic E-state index is 0.0696. The van der Waals surface area contributed by atoms with Gasteiger partial charge in [0.05, 0.1) is 19.8 Å². The van der Waals surface area contributed by atoms with Crippen LogP contribution in [0.15, 0.2) is 28.9 Å². The molecule has 2 rings (SSSR count). The highest BCUT2D eigenvalue weighted by molar-refractivity contribution is 6.00. The van der Waals surface area contributed by atoms with E-state index in [1.165, 1.54) is 26.4 Å². The van der Waals surface area contributed by atoms with Crippen LogP contribution in [-0.2, 0) is 25.6 Å². The number of aromatic nitrogens is 1. The van der Waals surface area contributed by atoms with Crippen molar-refractivity contribution < 1.29 is 33.1 Å². The van der Waals surface area contributed by atoms with Crippen molar-refractivity contribution >= 4 is 23.6 Å². The SMILES string of the molecule is COC(=O)CCn1c(C)cc(C(=O)COC(=O)[C@H](C)NC(=O)c2ccco2)c1C. The molecule has 2 aromatic heterocycles. The molecule has 1 amide bonds. The Morgan fingerprint density at radius 1 is 1.24 bits per heavy atom. The minimum Gasteiger partial charge on any atom is -0.469 e. The van der Waals surface area contributed by atoms with E-state index < -0.39 is 24.5 Å². The van der Waals surface area contributed by atoms with E-state index in [2.05, 4.69) is 10.1 Å². The van der Waals surface area contributed by atoms with Crippen molar-refractivity contribution in [2.45, 2.75) is 39.8 Å². The molecule has 2 aromatic rings. The second-order valence-electron chi connectivity index (χ2n) is 6.47. The summed E-state index contributed by atoms with van der Waals surface area (Å²) in [7, 11) is 1.32. The third kappa shape index (κ3) is 5.56. The number of amides is 1. The van der Waals surface area contributed by atoms with E-state index in [9.17, 15) is 19.2 Å². The van der Waals surface area contributed by atoms with Gasteiger partial charge < -0.3 is 23.8 Å². The first kappa shape index (κ1) is 21.9. The Labute approximate surface area is 168 Å². The Balaban J connectivity index is 1.92. The number of Topliss-reactive ketones (excluding diaryl/α,β-unsaturated/α-hetero) is 1. The number of nitrogens with one attached hydrogen (secondary N) is 1. The average Bonchev–Trinajstić information content (AvgIpc) is 3.32. The minimum atomic E-state index is -0.951. The van der Waals surface area contributed by atoms with Crippen LogP contribution in [0.1, 0.15) is 45.6 Å². The molecule has 0 radical (unpaired) electrons. The number of ketones is 1. The van der Waals surface area contributed by atoms with Crippen molar-refractivity contribution in [3.05, 3.63) is 47.2 Å². The van der Waals surface area contributed by atoms with Crippen LogP contribution in [0.3, 0.4) is 0 Å². The average molecular weight is 404 g/mol. The fourth-order valence-electron chi connectivity index (χ4n) is 2.81. The summed E-state index contributed by atoms with van der Waals surface area (Å²) in [6.45, 7) is 4.95. The van der Waals surface area contributed by atoms with Gasteiger partial charge in [0, 0.05) is 23.5 Å². The molecule has 0 saturated heterocycles. The number of carbonyl (C=O) groups excluding carboxylic acids is 4. The standard InChI is InChI=1S/C20H24N2O7/c1-12-10-15(14(3)22(12)8-7-18(24)27-4)16(23)11-29-20(26)13(2)21-19(25)17-6-5-9-28-17/h5-6,9-10,13H,7-8,11H2,1-4H3,(H,21,25)/t13-/m0/s1. The van der Waals surface area contributed by atoms with E-state index >= 15 is 0 Å². The van der Waals surface area contributed by atoms with Crippen molar-refractivity contribution in [3.8, 4) is 0 Å². The number of methoxy groups -OCH3 is 1. The van der Waals surface area contributed by atoms with E-state index in [0.29, 0.717) is 17.8 Å². The van der Waals surface area contributed by atoms with Crippen LogP contribution < -0.4 is 5.32 Å². The summed E-state index contributed by atoms with van der Waals surface area (Å²) in [5.41, 5.74) is 1.89. The number of hydrogen-bond donors (Lipinski definition) is 1. The zero-order chi connectivity index (χ0) is 21.6. The maximum Gasteiger partial charge on any atom is 0.328 e. The van der Waals surface area contributed by atoms with Crippen molar-refractivity contribution in [2.75, 3.05) is 13.7 Å². The maximum atomic E-state index is 12.5. The molecule has 0 unspecified atom stereocenters. The van der Waals surface area contributed by atoms with Gasteiger partial charge in [-0.15, -0.1) is 0 Å². The van der Waals surface area contributed by atoms with Gasteiger partial charge in [0.1, 0.15) is 6.04 Å². The van der Waals surface area contributed by atoms with Crippen LogP contribution >= 0.6 is 0 Å². The fraction of sp³-hybridized carbons (Fsp3) is 0.400. The topological polar surface area (TPSA) is 117 Å². The van der Waals surface area contributed by atoms with Gasteiger partial charge in [0.25, 0.3) is 5.91 Å². The van der Waals surface area contributed by atoms with E-state index in [0.717, 1.165) is 5.69 Å². The molecule has 0 aliphatic rings. The molecular weight excluding hydrogens is 380 g/mol. The van der Waals surface area contributed by atoms with Crippen LogP contribution in [0.25, 0.3) is 0 Å². The van der Waals surface area contributed by atoms with Crippen LogP contribution in [-0.4, -0.2) is 48.0 Å². The van der Waals surface area contributed by atoms with Gasteiger partial charge in [-0.05, 0) is 39.0 Å². The molecule has 1 atom stereocenters. The molecule has 0 bridgehead atoms. The summed E-state index contributed by atoms with van der Waals surface area (Å²) in [6.07, 6.45) is 1.53. The van der Waals surface area contributed by atoms with Crippen LogP contribution in [0.4, 0.5) is 0 Å². The molecular formula is C20H24N2O7. The van der Waals surface area contributed by atoms with Gasteiger partial charge in [-0.25, -0.2) is 4.79 Å². The van der Waals surface area contributed by atoms with Crippen molar-refractivity contribution in [2.24, 2.45) is 0 Å². The summed E-state index contributed by atoms with van der Waals surface area (Å²) in [5, 5.41) is 2.44. The van der Waals surface area contributed by atoms with Gasteiger partial charge in [0.15, 0.2) is 12.4 Å². The Bertz CT molecular complexity index is 896. The van der Waals surface area contributed by atoms with Gasteiger partial charge in [0.2, 0.25) is 5.78 Å². The third-order valence-electron chi connectivity index (χ3n) is 4.43. The lowest BCUT2D eigenvalue weighted by Crippen LogP contribution is -2.40. The lowest BCUT2D eigenvalue weighted by Gasteiger charge is -2.12. The first-order chi connectivity index (χ1) is 13.7. The first-order valence-electron chi connectivity index (χ1n) is 9.02. The van der Waals surface area contributed by atoms with Crippen LogP contribution in [0, 0.1) is 13.8 Å². The molecule has 1 N–H and O–H groups in total. The number of hydrogen-bond acceptors (Lipinski definition) is 7. The lowest BCUT2D eigenvalue weighted by molar-refractivity contribution is -0.144. The second kappa shape index (κ2) is 9.72. The number of esters is 2. The van der Waals surface area contributed by atoms with Gasteiger partial charge in [-0.1, -0.05) is 0 Å². The smallest absolute Gasteiger partial charge is 0.328 e. The summed E-state index contributed by atoms with van der Waals surface area (Å²) in [4.78, 5) is 47.8. The van der Waals surface area contributed by atoms with Gasteiger partial charge in [-0.2, -0.15) is 0 Å². The fourth-order valence-corrected chi connectivity index (χ4v) is 2.81. The lowest BCUT2D eigenvalue weighted by atomic mass is 10.1. The Morgan fingerprint density at radius 3 is 2.59 bits per heavy atom. The number of aryl methyl sites for hydroxylation is 1. The Kier molecular flexibility index (Phi) is 7.35. The first-order valence-corrected chi connectivity index (χ1v) is 9.02. The number of furan rings is 1. The molecule has 0 aliphatic carbocycles. The molecule has 0 saturated carbocycles. The highest BCUT2D eigenvalue weighted by atomic mass is 16.5. The predicted octanol–water partition coefficient (Wildman–Crippen LogP) is 1.81. The quantitative estimate of drug-likeness (QED) is 0.500. The zero-order valence-electron chi connectivity index (χ0n) is 16.8. The molecule has 2 heterocycles. The summed E-state index contributed by atoms with van der Waals surface area (Å²) < 4.78 is 16.5. The Hall–Kier alpha value is -3.36. The van der Waals surface area contributed by atoms with E-state index in [4.69, 9.17) is 9.15 Å². The summed E-state index contributed by atoms with van der Waals surface area (Å²) >= 11 is 0. The highest BCUT2D eigenvalue weighted by Gasteiger charge is 2.22. The molecule has 9 nitrogen and oxygen atoms in total. The molecule has 0 fully saturated rings. The number of nitrogens with zero attached hydrogens (tertiary/aromatic N) is 1. The highest BCUT2D eigenvalue weighted by Crippen LogP contribution is 2.17. The number of carbonyl (C=O) groups is 4. The maximum absolute atomic E-state index is 12.5. The molecule has 29 heavy (non-hydrogen) atoms. The Morgan fingerprint density at radius 2 is 1.97 bits per heavy atom. The van der Waals surface area contributed by atoms with E-state index in [1.54, 1.807) is 19.1 Å². The molecule has 0 aromatic carbocycles. The van der Waals surface area contributed by atoms with Crippen LogP contribution in [0.5, 0.6) is 0 Å². The number of rotatable bonds is 9. The second-order valence-corrected chi connectivity index (χ2v) is 6.47. The van der Waals surface area contributed by atoms with Crippen molar-refractivity contribution in [1.82, 2.24) is 9.88 Å². The molecule has 9 heteroatoms. The summed E-state index contributed by atoms with van der Waals surface area (Å²) in [6, 6.07) is 3.75. The number of ether oxygens (including phenoxy) is 2. The predicted molar refractivity (Wildman–Crippen MR) is 101 cm³/mol. The summed E-state index contributed by atoms with van der Waals surface area (Å²) in [5.74, 6) is -1.94. The van der Waals surface area contributed by atoms with Gasteiger partial charge in [-0.3, -0.25) is 14.4 Å². The molecule has 0 spiro atoms. The third-order valence-corrected chi connectivity index (χ3v) is 4.43. The van der Waals surface area contributed by atoms with E-state index in [-0.39, 0.29) is 23.9 Å².